The Labute approximate surface area is 208 Å². The Hall–Kier alpha value is -4.02. The van der Waals surface area contributed by atoms with Crippen molar-refractivity contribution in [1.82, 2.24) is 15.0 Å². The van der Waals surface area contributed by atoms with Crippen LogP contribution in [0.15, 0.2) is 81.8 Å². The van der Waals surface area contributed by atoms with Gasteiger partial charge >= 0.3 is 0 Å². The molecule has 35 heavy (non-hydrogen) atoms. The number of halogens is 1. The fourth-order valence-corrected chi connectivity index (χ4v) is 4.31. The summed E-state index contributed by atoms with van der Waals surface area (Å²) in [5, 5.41) is 15.7. The van der Waals surface area contributed by atoms with Crippen molar-refractivity contribution in [3.8, 4) is 5.69 Å². The second kappa shape index (κ2) is 10.5. The number of hydrogen-bond acceptors (Lipinski definition) is 7. The van der Waals surface area contributed by atoms with E-state index in [4.69, 9.17) is 11.6 Å². The number of carbonyl (C=O) groups is 1. The molecule has 0 atom stereocenters. The summed E-state index contributed by atoms with van der Waals surface area (Å²) in [6, 6.07) is 18.7. The summed E-state index contributed by atoms with van der Waals surface area (Å²) in [5.74, 6) is -0.497. The number of nitrogens with one attached hydrogen (secondary N) is 1. The number of nitrogens with zero attached hydrogens (tertiary/aromatic N) is 4. The van der Waals surface area contributed by atoms with Crippen LogP contribution in [0, 0.1) is 17.0 Å². The van der Waals surface area contributed by atoms with Gasteiger partial charge < -0.3 is 0 Å². The highest BCUT2D eigenvalue weighted by atomic mass is 35.5. The number of nitro benzene ring substituents is 1. The predicted molar refractivity (Wildman–Crippen MR) is 137 cm³/mol. The van der Waals surface area contributed by atoms with Gasteiger partial charge in [0.05, 0.1) is 33.5 Å². The van der Waals surface area contributed by atoms with Crippen molar-refractivity contribution < 1.29 is 9.72 Å². The van der Waals surface area contributed by atoms with E-state index >= 15 is 0 Å². The molecule has 1 amide bonds. The van der Waals surface area contributed by atoms with E-state index in [0.29, 0.717) is 27.3 Å². The lowest BCUT2D eigenvalue weighted by Gasteiger charge is -2.14. The number of rotatable bonds is 7. The Morgan fingerprint density at radius 2 is 1.94 bits per heavy atom. The van der Waals surface area contributed by atoms with Crippen LogP contribution in [0.4, 0.5) is 5.69 Å². The highest BCUT2D eigenvalue weighted by Crippen LogP contribution is 2.25. The molecule has 3 aromatic carbocycles. The molecule has 0 unspecified atom stereocenters. The van der Waals surface area contributed by atoms with Gasteiger partial charge in [-0.25, -0.2) is 10.4 Å². The number of hydrazone groups is 1. The zero-order valence-corrected chi connectivity index (χ0v) is 19.9. The lowest BCUT2D eigenvalue weighted by Crippen LogP contribution is -2.24. The first-order chi connectivity index (χ1) is 16.8. The molecule has 0 aliphatic carbocycles. The van der Waals surface area contributed by atoms with Crippen LogP contribution >= 0.6 is 23.4 Å². The van der Waals surface area contributed by atoms with Crippen LogP contribution in [0.3, 0.4) is 0 Å². The molecule has 0 spiro atoms. The summed E-state index contributed by atoms with van der Waals surface area (Å²) < 4.78 is 1.51. The average Bonchev–Trinajstić information content (AvgIpc) is 2.84. The number of amides is 1. The first-order valence-corrected chi connectivity index (χ1v) is 11.7. The molecule has 1 N–H and O–H groups in total. The van der Waals surface area contributed by atoms with E-state index in [0.717, 1.165) is 17.3 Å². The minimum atomic E-state index is -0.598. The Kier molecular flexibility index (Phi) is 7.23. The van der Waals surface area contributed by atoms with E-state index in [2.05, 4.69) is 15.5 Å². The molecular formula is C24H18ClN5O4S. The molecule has 1 heterocycles. The molecule has 0 fully saturated rings. The van der Waals surface area contributed by atoms with E-state index in [1.54, 1.807) is 30.3 Å². The first-order valence-electron chi connectivity index (χ1n) is 10.3. The minimum Gasteiger partial charge on any atom is -0.272 e. The molecule has 4 aromatic rings. The highest BCUT2D eigenvalue weighted by Gasteiger charge is 2.16. The van der Waals surface area contributed by atoms with Crippen LogP contribution in [0.25, 0.3) is 16.6 Å². The Morgan fingerprint density at radius 3 is 2.71 bits per heavy atom. The summed E-state index contributed by atoms with van der Waals surface area (Å²) in [7, 11) is 0. The lowest BCUT2D eigenvalue weighted by molar-refractivity contribution is -0.384. The van der Waals surface area contributed by atoms with Gasteiger partial charge in [0.2, 0.25) is 0 Å². The zero-order valence-electron chi connectivity index (χ0n) is 18.3. The molecule has 0 aliphatic heterocycles. The van der Waals surface area contributed by atoms with Crippen molar-refractivity contribution in [2.45, 2.75) is 12.1 Å². The number of thioether (sulfide) groups is 1. The van der Waals surface area contributed by atoms with Crippen LogP contribution in [-0.4, -0.2) is 32.3 Å². The van der Waals surface area contributed by atoms with E-state index in [-0.39, 0.29) is 22.0 Å². The molecule has 0 saturated carbocycles. The fraction of sp³-hybridized carbons (Fsp3) is 0.0833. The van der Waals surface area contributed by atoms with Crippen molar-refractivity contribution in [1.29, 1.82) is 0 Å². The maximum absolute atomic E-state index is 13.3. The molecule has 1 aromatic heterocycles. The van der Waals surface area contributed by atoms with Crippen molar-refractivity contribution in [2.75, 3.05) is 5.75 Å². The number of hydrogen-bond donors (Lipinski definition) is 1. The Bertz CT molecular complexity index is 1540. The quantitative estimate of drug-likeness (QED) is 0.129. The number of benzene rings is 3. The molecule has 0 bridgehead atoms. The van der Waals surface area contributed by atoms with Gasteiger partial charge in [0, 0.05) is 11.6 Å². The number of para-hydroxylation sites is 2. The van der Waals surface area contributed by atoms with Crippen LogP contribution in [0.5, 0.6) is 0 Å². The minimum absolute atomic E-state index is 0.00942. The van der Waals surface area contributed by atoms with Crippen LogP contribution in [0.1, 0.15) is 11.1 Å². The van der Waals surface area contributed by atoms with Crippen molar-refractivity contribution in [2.24, 2.45) is 5.10 Å². The van der Waals surface area contributed by atoms with Gasteiger partial charge in [0.15, 0.2) is 5.16 Å². The number of fused-ring (bicyclic) bond motifs is 1. The van der Waals surface area contributed by atoms with Gasteiger partial charge in [-0.1, -0.05) is 59.8 Å². The van der Waals surface area contributed by atoms with Gasteiger partial charge in [-0.05, 0) is 36.8 Å². The van der Waals surface area contributed by atoms with E-state index in [1.807, 2.05) is 31.2 Å². The third kappa shape index (κ3) is 5.39. The summed E-state index contributed by atoms with van der Waals surface area (Å²) >= 11 is 6.90. The monoisotopic (exact) mass is 507 g/mol. The van der Waals surface area contributed by atoms with E-state index in [9.17, 15) is 19.7 Å². The standard InChI is InChI=1S/C24H18ClN5O4S/c1-15-6-2-5-9-20(15)29-23(32)17-7-3-4-8-19(17)27-24(29)35-14-22(31)28-26-13-16-10-11-18(25)21(12-16)30(33)34/h2-13H,14H2,1H3,(H,28,31)/b26-13-. The number of aromatic nitrogens is 2. The molecule has 176 valence electrons. The molecule has 0 aliphatic rings. The van der Waals surface area contributed by atoms with Crippen LogP contribution in [-0.2, 0) is 4.79 Å². The third-order valence-corrected chi connectivity index (χ3v) is 6.26. The summed E-state index contributed by atoms with van der Waals surface area (Å²) in [6.07, 6.45) is 1.28. The van der Waals surface area contributed by atoms with Crippen LogP contribution in [0.2, 0.25) is 5.02 Å². The van der Waals surface area contributed by atoms with E-state index < -0.39 is 10.8 Å². The number of aryl methyl sites for hydroxylation is 1. The maximum Gasteiger partial charge on any atom is 0.288 e. The van der Waals surface area contributed by atoms with Crippen molar-refractivity contribution in [3.05, 3.63) is 103 Å². The van der Waals surface area contributed by atoms with Crippen molar-refractivity contribution in [3.63, 3.8) is 0 Å². The lowest BCUT2D eigenvalue weighted by atomic mass is 10.2. The average molecular weight is 508 g/mol. The van der Waals surface area contributed by atoms with Gasteiger partial charge in [-0.15, -0.1) is 0 Å². The van der Waals surface area contributed by atoms with Gasteiger partial charge in [0.25, 0.3) is 17.2 Å². The molecule has 11 heteroatoms. The summed E-state index contributed by atoms with van der Waals surface area (Å²) in [6.45, 7) is 1.90. The van der Waals surface area contributed by atoms with Crippen molar-refractivity contribution >= 4 is 52.1 Å². The second-order valence-corrected chi connectivity index (χ2v) is 8.74. The molecule has 4 rings (SSSR count). The van der Waals surface area contributed by atoms with Gasteiger partial charge in [-0.3, -0.25) is 24.3 Å². The SMILES string of the molecule is Cc1ccccc1-n1c(SCC(=O)N/N=C\c2ccc(Cl)c([N+](=O)[O-])c2)nc2ccccc2c1=O. The molecule has 0 radical (unpaired) electrons. The topological polar surface area (TPSA) is 119 Å². The van der Waals surface area contributed by atoms with Crippen LogP contribution < -0.4 is 11.0 Å². The molecular weight excluding hydrogens is 490 g/mol. The second-order valence-electron chi connectivity index (χ2n) is 7.39. The zero-order chi connectivity index (χ0) is 24.9. The maximum atomic E-state index is 13.3. The largest absolute Gasteiger partial charge is 0.288 e. The van der Waals surface area contributed by atoms with Gasteiger partial charge in [0.1, 0.15) is 5.02 Å². The summed E-state index contributed by atoms with van der Waals surface area (Å²) in [5.41, 5.74) is 4.40. The molecule has 9 nitrogen and oxygen atoms in total. The Balaban J connectivity index is 1.55. The summed E-state index contributed by atoms with van der Waals surface area (Å²) in [4.78, 5) is 40.7. The number of carbonyl (C=O) groups excluding carboxylic acids is 1. The Morgan fingerprint density at radius 1 is 1.20 bits per heavy atom. The highest BCUT2D eigenvalue weighted by molar-refractivity contribution is 7.99. The third-order valence-electron chi connectivity index (χ3n) is 5.00. The predicted octanol–water partition coefficient (Wildman–Crippen LogP) is 4.50. The number of nitro groups is 1. The first kappa shape index (κ1) is 24.1. The fourth-order valence-electron chi connectivity index (χ4n) is 3.33. The normalized spacial score (nSPS) is 11.1. The van der Waals surface area contributed by atoms with E-state index in [1.165, 1.54) is 22.9 Å². The smallest absolute Gasteiger partial charge is 0.272 e. The van der Waals surface area contributed by atoms with Gasteiger partial charge in [-0.2, -0.15) is 5.10 Å². The molecule has 0 saturated heterocycles.